The van der Waals surface area contributed by atoms with Crippen molar-refractivity contribution in [1.82, 2.24) is 4.90 Å². The molecule has 1 aromatic rings. The number of nitrogens with zero attached hydrogens (tertiary/aromatic N) is 2. The number of rotatable bonds is 3. The third kappa shape index (κ3) is 2.52. The Morgan fingerprint density at radius 3 is 2.72 bits per heavy atom. The van der Waals surface area contributed by atoms with Crippen molar-refractivity contribution in [3.05, 3.63) is 35.4 Å². The van der Waals surface area contributed by atoms with E-state index >= 15 is 0 Å². The number of carboxylic acids is 1. The van der Waals surface area contributed by atoms with E-state index < -0.39 is 5.97 Å². The quantitative estimate of drug-likeness (QED) is 0.881. The normalized spacial score (nSPS) is 23.8. The van der Waals surface area contributed by atoms with Gasteiger partial charge in [0.15, 0.2) is 0 Å². The standard InChI is InChI=1S/C14H16N2O2/c1-10-6-7-16(13(10)14(17)18)9-12-4-2-11(8-15)3-5-12/h2-5,10,13H,6-7,9H2,1H3,(H,17,18). The lowest BCUT2D eigenvalue weighted by Crippen LogP contribution is -2.38. The maximum atomic E-state index is 11.2. The maximum absolute atomic E-state index is 11.2. The van der Waals surface area contributed by atoms with Crippen LogP contribution >= 0.6 is 0 Å². The van der Waals surface area contributed by atoms with Crippen molar-refractivity contribution in [3.63, 3.8) is 0 Å². The molecule has 18 heavy (non-hydrogen) atoms. The lowest BCUT2D eigenvalue weighted by molar-refractivity contribution is -0.143. The van der Waals surface area contributed by atoms with Crippen molar-refractivity contribution < 1.29 is 9.90 Å². The predicted octanol–water partition coefficient (Wildman–Crippen LogP) is 1.85. The van der Waals surface area contributed by atoms with Crippen LogP contribution in [0, 0.1) is 17.2 Å². The first-order chi connectivity index (χ1) is 8.61. The zero-order chi connectivity index (χ0) is 13.1. The third-order valence-electron chi connectivity index (χ3n) is 3.53. The Morgan fingerprint density at radius 2 is 2.17 bits per heavy atom. The molecule has 0 saturated carbocycles. The predicted molar refractivity (Wildman–Crippen MR) is 66.8 cm³/mol. The summed E-state index contributed by atoms with van der Waals surface area (Å²) < 4.78 is 0. The molecule has 0 bridgehead atoms. The van der Waals surface area contributed by atoms with Crippen LogP contribution in [0.3, 0.4) is 0 Å². The van der Waals surface area contributed by atoms with Crippen molar-refractivity contribution in [2.45, 2.75) is 25.9 Å². The molecule has 0 aromatic heterocycles. The Kier molecular flexibility index (Phi) is 3.63. The van der Waals surface area contributed by atoms with Gasteiger partial charge in [0.25, 0.3) is 0 Å². The molecule has 94 valence electrons. The van der Waals surface area contributed by atoms with Gasteiger partial charge in [-0.05, 0) is 36.6 Å². The fourth-order valence-corrected chi connectivity index (χ4v) is 2.52. The minimum absolute atomic E-state index is 0.195. The number of carbonyl (C=O) groups is 1. The highest BCUT2D eigenvalue weighted by Gasteiger charge is 2.36. The van der Waals surface area contributed by atoms with Gasteiger partial charge in [0.1, 0.15) is 6.04 Å². The minimum Gasteiger partial charge on any atom is -0.480 e. The Hall–Kier alpha value is -1.86. The Bertz CT molecular complexity index is 476. The average Bonchev–Trinajstić information content (AvgIpc) is 2.71. The number of hydrogen-bond donors (Lipinski definition) is 1. The molecule has 1 N–H and O–H groups in total. The molecule has 2 atom stereocenters. The Labute approximate surface area is 106 Å². The molecule has 0 spiro atoms. The van der Waals surface area contributed by atoms with E-state index in [0.717, 1.165) is 18.5 Å². The molecule has 1 aromatic carbocycles. The fourth-order valence-electron chi connectivity index (χ4n) is 2.52. The summed E-state index contributed by atoms with van der Waals surface area (Å²) in [6.07, 6.45) is 0.924. The van der Waals surface area contributed by atoms with Crippen molar-refractivity contribution in [2.24, 2.45) is 5.92 Å². The molecule has 0 aliphatic carbocycles. The maximum Gasteiger partial charge on any atom is 0.321 e. The van der Waals surface area contributed by atoms with Crippen LogP contribution in [0.1, 0.15) is 24.5 Å². The van der Waals surface area contributed by atoms with E-state index in [4.69, 9.17) is 5.26 Å². The van der Waals surface area contributed by atoms with Crippen LogP contribution in [0.2, 0.25) is 0 Å². The number of hydrogen-bond acceptors (Lipinski definition) is 3. The van der Waals surface area contributed by atoms with Crippen LogP contribution < -0.4 is 0 Å². The van der Waals surface area contributed by atoms with E-state index in [1.807, 2.05) is 24.0 Å². The molecule has 1 aliphatic rings. The monoisotopic (exact) mass is 244 g/mol. The van der Waals surface area contributed by atoms with Gasteiger partial charge in [-0.3, -0.25) is 9.69 Å². The lowest BCUT2D eigenvalue weighted by Gasteiger charge is -2.23. The zero-order valence-corrected chi connectivity index (χ0v) is 10.3. The van der Waals surface area contributed by atoms with Crippen molar-refractivity contribution in [1.29, 1.82) is 5.26 Å². The number of aliphatic carboxylic acids is 1. The molecule has 1 aliphatic heterocycles. The molecule has 1 saturated heterocycles. The summed E-state index contributed by atoms with van der Waals surface area (Å²) >= 11 is 0. The highest BCUT2D eigenvalue weighted by Crippen LogP contribution is 2.25. The summed E-state index contributed by atoms with van der Waals surface area (Å²) in [5.74, 6) is -0.547. The van der Waals surface area contributed by atoms with Crippen LogP contribution in [-0.4, -0.2) is 28.6 Å². The molecule has 1 fully saturated rings. The topological polar surface area (TPSA) is 64.3 Å². The lowest BCUT2D eigenvalue weighted by atomic mass is 10.0. The second-order valence-electron chi connectivity index (χ2n) is 4.83. The smallest absolute Gasteiger partial charge is 0.321 e. The average molecular weight is 244 g/mol. The second-order valence-corrected chi connectivity index (χ2v) is 4.83. The Balaban J connectivity index is 2.08. The first kappa shape index (κ1) is 12.6. The van der Waals surface area contributed by atoms with Gasteiger partial charge in [-0.25, -0.2) is 0 Å². The van der Waals surface area contributed by atoms with Crippen LogP contribution in [-0.2, 0) is 11.3 Å². The first-order valence-corrected chi connectivity index (χ1v) is 6.07. The zero-order valence-electron chi connectivity index (χ0n) is 10.3. The highest BCUT2D eigenvalue weighted by atomic mass is 16.4. The minimum atomic E-state index is -0.742. The molecule has 1 heterocycles. The SMILES string of the molecule is CC1CCN(Cc2ccc(C#N)cc2)C1C(=O)O. The summed E-state index contributed by atoms with van der Waals surface area (Å²) in [6.45, 7) is 3.43. The van der Waals surface area contributed by atoms with Crippen LogP contribution in [0.25, 0.3) is 0 Å². The van der Waals surface area contributed by atoms with Crippen molar-refractivity contribution in [2.75, 3.05) is 6.54 Å². The van der Waals surface area contributed by atoms with Gasteiger partial charge in [-0.2, -0.15) is 5.26 Å². The van der Waals surface area contributed by atoms with Gasteiger partial charge in [-0.1, -0.05) is 19.1 Å². The summed E-state index contributed by atoms with van der Waals surface area (Å²) in [5, 5.41) is 18.0. The van der Waals surface area contributed by atoms with Gasteiger partial charge in [-0.15, -0.1) is 0 Å². The number of benzene rings is 1. The summed E-state index contributed by atoms with van der Waals surface area (Å²) in [6, 6.07) is 9.00. The van der Waals surface area contributed by atoms with E-state index in [0.29, 0.717) is 12.1 Å². The number of likely N-dealkylation sites (tertiary alicyclic amines) is 1. The number of carboxylic acid groups (broad SMARTS) is 1. The molecule has 0 amide bonds. The molecule has 2 unspecified atom stereocenters. The van der Waals surface area contributed by atoms with E-state index in [1.165, 1.54) is 0 Å². The van der Waals surface area contributed by atoms with Crippen LogP contribution in [0.15, 0.2) is 24.3 Å². The largest absolute Gasteiger partial charge is 0.480 e. The van der Waals surface area contributed by atoms with Gasteiger partial charge < -0.3 is 5.11 Å². The van der Waals surface area contributed by atoms with Gasteiger partial charge in [0, 0.05) is 6.54 Å². The van der Waals surface area contributed by atoms with Crippen molar-refractivity contribution >= 4 is 5.97 Å². The molecule has 0 radical (unpaired) electrons. The van der Waals surface area contributed by atoms with E-state index in [9.17, 15) is 9.90 Å². The van der Waals surface area contributed by atoms with Gasteiger partial charge >= 0.3 is 5.97 Å². The van der Waals surface area contributed by atoms with Gasteiger partial charge in [0.05, 0.1) is 11.6 Å². The molecule has 4 heteroatoms. The van der Waals surface area contributed by atoms with Crippen LogP contribution in [0.5, 0.6) is 0 Å². The second kappa shape index (κ2) is 5.19. The van der Waals surface area contributed by atoms with Gasteiger partial charge in [0.2, 0.25) is 0 Å². The van der Waals surface area contributed by atoms with E-state index in [2.05, 4.69) is 6.07 Å². The third-order valence-corrected chi connectivity index (χ3v) is 3.53. The fraction of sp³-hybridized carbons (Fsp3) is 0.429. The summed E-state index contributed by atoms with van der Waals surface area (Å²) in [4.78, 5) is 13.2. The van der Waals surface area contributed by atoms with Crippen molar-refractivity contribution in [3.8, 4) is 6.07 Å². The molecule has 4 nitrogen and oxygen atoms in total. The Morgan fingerprint density at radius 1 is 1.50 bits per heavy atom. The molecular formula is C14H16N2O2. The first-order valence-electron chi connectivity index (χ1n) is 6.07. The number of nitriles is 1. The summed E-state index contributed by atoms with van der Waals surface area (Å²) in [5.41, 5.74) is 1.68. The van der Waals surface area contributed by atoms with Crippen LogP contribution in [0.4, 0.5) is 0 Å². The molecule has 2 rings (SSSR count). The highest BCUT2D eigenvalue weighted by molar-refractivity contribution is 5.74. The van der Waals surface area contributed by atoms with E-state index in [1.54, 1.807) is 12.1 Å². The summed E-state index contributed by atoms with van der Waals surface area (Å²) in [7, 11) is 0. The van der Waals surface area contributed by atoms with E-state index in [-0.39, 0.29) is 12.0 Å². The molecular weight excluding hydrogens is 228 g/mol.